The molecule has 2 aromatic rings. The highest BCUT2D eigenvalue weighted by Crippen LogP contribution is 2.41. The summed E-state index contributed by atoms with van der Waals surface area (Å²) in [4.78, 5) is 13.0. The summed E-state index contributed by atoms with van der Waals surface area (Å²) in [5.41, 5.74) is 2.47. The zero-order valence-corrected chi connectivity index (χ0v) is 18.4. The lowest BCUT2D eigenvalue weighted by molar-refractivity contribution is -0.138. The molecule has 2 aromatic carbocycles. The minimum absolute atomic E-state index is 0.248. The number of hydrogen-bond donors (Lipinski definition) is 2. The summed E-state index contributed by atoms with van der Waals surface area (Å²) in [6, 6.07) is 12.4. The Kier molecular flexibility index (Phi) is 6.59. The van der Waals surface area contributed by atoms with Crippen molar-refractivity contribution in [2.45, 2.75) is 13.0 Å². The van der Waals surface area contributed by atoms with E-state index in [0.29, 0.717) is 37.2 Å². The minimum Gasteiger partial charge on any atom is -0.495 e. The molecular formula is C20H18BrClN2O3S. The van der Waals surface area contributed by atoms with E-state index in [2.05, 4.69) is 26.6 Å². The Balaban J connectivity index is 2.27. The maximum Gasteiger partial charge on any atom is 0.338 e. The second-order valence-electron chi connectivity index (χ2n) is 5.92. The van der Waals surface area contributed by atoms with Gasteiger partial charge < -0.3 is 20.1 Å². The van der Waals surface area contributed by atoms with Crippen molar-refractivity contribution in [3.05, 3.63) is 68.7 Å². The van der Waals surface area contributed by atoms with E-state index in [1.54, 1.807) is 26.2 Å². The Labute approximate surface area is 182 Å². The van der Waals surface area contributed by atoms with Gasteiger partial charge in [0.2, 0.25) is 0 Å². The van der Waals surface area contributed by atoms with E-state index in [1.165, 1.54) is 0 Å². The average Bonchev–Trinajstić information content (AvgIpc) is 2.67. The first-order valence-electron chi connectivity index (χ1n) is 8.53. The van der Waals surface area contributed by atoms with Gasteiger partial charge in [-0.15, -0.1) is 0 Å². The number of carbonyl (C=O) groups is 1. The number of benzene rings is 2. The van der Waals surface area contributed by atoms with E-state index >= 15 is 0 Å². The van der Waals surface area contributed by atoms with Crippen LogP contribution >= 0.6 is 39.7 Å². The van der Waals surface area contributed by atoms with Crippen molar-refractivity contribution in [2.75, 3.05) is 13.7 Å². The Hall–Kier alpha value is -2.09. The topological polar surface area (TPSA) is 59.6 Å². The quantitative estimate of drug-likeness (QED) is 0.481. The number of carbonyl (C=O) groups excluding carboxylic acids is 1. The van der Waals surface area contributed by atoms with Crippen LogP contribution in [0.4, 0.5) is 0 Å². The fourth-order valence-corrected chi connectivity index (χ4v) is 4.28. The van der Waals surface area contributed by atoms with Gasteiger partial charge >= 0.3 is 5.97 Å². The molecule has 1 aliphatic rings. The molecule has 0 aliphatic carbocycles. The Morgan fingerprint density at radius 3 is 2.64 bits per heavy atom. The van der Waals surface area contributed by atoms with Crippen molar-refractivity contribution in [3.63, 3.8) is 0 Å². The normalized spacial score (nSPS) is 16.3. The highest BCUT2D eigenvalue weighted by molar-refractivity contribution is 9.10. The number of esters is 1. The van der Waals surface area contributed by atoms with Crippen LogP contribution in [0.25, 0.3) is 5.70 Å². The van der Waals surface area contributed by atoms with Crippen molar-refractivity contribution in [1.82, 2.24) is 10.6 Å². The molecule has 146 valence electrons. The van der Waals surface area contributed by atoms with Crippen molar-refractivity contribution in [2.24, 2.45) is 0 Å². The Morgan fingerprint density at radius 1 is 1.29 bits per heavy atom. The number of halogens is 2. The molecule has 0 radical (unpaired) electrons. The van der Waals surface area contributed by atoms with E-state index < -0.39 is 12.0 Å². The van der Waals surface area contributed by atoms with E-state index in [0.717, 1.165) is 5.56 Å². The van der Waals surface area contributed by atoms with Crippen molar-refractivity contribution in [1.29, 1.82) is 0 Å². The van der Waals surface area contributed by atoms with Gasteiger partial charge in [0.15, 0.2) is 5.11 Å². The molecule has 0 amide bonds. The molecule has 0 saturated heterocycles. The first-order chi connectivity index (χ1) is 13.5. The molecule has 0 aromatic heterocycles. The third kappa shape index (κ3) is 4.16. The molecule has 8 heteroatoms. The summed E-state index contributed by atoms with van der Waals surface area (Å²) in [5.74, 6) is 0.104. The highest BCUT2D eigenvalue weighted by atomic mass is 79.9. The lowest BCUT2D eigenvalue weighted by Gasteiger charge is -2.32. The monoisotopic (exact) mass is 480 g/mol. The van der Waals surface area contributed by atoms with Crippen LogP contribution in [0.3, 0.4) is 0 Å². The van der Waals surface area contributed by atoms with E-state index in [4.69, 9.17) is 33.3 Å². The van der Waals surface area contributed by atoms with E-state index in [-0.39, 0.29) is 6.61 Å². The van der Waals surface area contributed by atoms with Gasteiger partial charge in [0, 0.05) is 10.6 Å². The van der Waals surface area contributed by atoms with Crippen LogP contribution in [0.5, 0.6) is 5.75 Å². The van der Waals surface area contributed by atoms with Crippen LogP contribution < -0.4 is 15.4 Å². The molecule has 1 unspecified atom stereocenters. The van der Waals surface area contributed by atoms with Crippen LogP contribution in [0.15, 0.2) is 52.5 Å². The SMILES string of the molecule is CCOC(=O)C1=C(c2ccccc2)NC(=S)NC1c1cc(Cl)cc(Br)c1OC. The third-order valence-corrected chi connectivity index (χ3v) is 5.21. The van der Waals surface area contributed by atoms with Gasteiger partial charge in [-0.2, -0.15) is 0 Å². The molecule has 0 fully saturated rings. The lowest BCUT2D eigenvalue weighted by Crippen LogP contribution is -2.45. The molecule has 0 bridgehead atoms. The van der Waals surface area contributed by atoms with Gasteiger partial charge in [0.1, 0.15) is 5.75 Å². The summed E-state index contributed by atoms with van der Waals surface area (Å²) in [6.07, 6.45) is 0. The maximum atomic E-state index is 13.0. The summed E-state index contributed by atoms with van der Waals surface area (Å²) in [5, 5.41) is 7.14. The zero-order chi connectivity index (χ0) is 20.3. The molecule has 28 heavy (non-hydrogen) atoms. The smallest absolute Gasteiger partial charge is 0.338 e. The molecule has 5 nitrogen and oxygen atoms in total. The maximum absolute atomic E-state index is 13.0. The predicted octanol–water partition coefficient (Wildman–Crippen LogP) is 4.60. The second kappa shape index (κ2) is 8.94. The van der Waals surface area contributed by atoms with Crippen LogP contribution in [-0.4, -0.2) is 24.8 Å². The van der Waals surface area contributed by atoms with Crippen molar-refractivity contribution >= 4 is 56.5 Å². The highest BCUT2D eigenvalue weighted by Gasteiger charge is 2.35. The molecule has 1 atom stereocenters. The van der Waals surface area contributed by atoms with E-state index in [9.17, 15) is 4.79 Å². The van der Waals surface area contributed by atoms with Crippen molar-refractivity contribution < 1.29 is 14.3 Å². The molecule has 0 saturated carbocycles. The molecular weight excluding hydrogens is 464 g/mol. The fourth-order valence-electron chi connectivity index (χ4n) is 3.07. The van der Waals surface area contributed by atoms with Crippen LogP contribution in [-0.2, 0) is 9.53 Å². The molecule has 2 N–H and O–H groups in total. The lowest BCUT2D eigenvalue weighted by atomic mass is 9.92. The van der Waals surface area contributed by atoms with E-state index in [1.807, 2.05) is 30.3 Å². The summed E-state index contributed by atoms with van der Waals surface area (Å²) in [6.45, 7) is 2.01. The number of rotatable bonds is 5. The van der Waals surface area contributed by atoms with Gasteiger partial charge in [-0.05, 0) is 52.8 Å². The minimum atomic E-state index is -0.604. The predicted molar refractivity (Wildman–Crippen MR) is 117 cm³/mol. The van der Waals surface area contributed by atoms with Gasteiger partial charge in [-0.3, -0.25) is 0 Å². The van der Waals surface area contributed by atoms with Crippen molar-refractivity contribution in [3.8, 4) is 5.75 Å². The molecule has 1 heterocycles. The van der Waals surface area contributed by atoms with Gasteiger partial charge in [-0.25, -0.2) is 4.79 Å². The van der Waals surface area contributed by atoms with Gasteiger partial charge in [0.25, 0.3) is 0 Å². The largest absolute Gasteiger partial charge is 0.495 e. The molecule has 3 rings (SSSR count). The van der Waals surface area contributed by atoms with Crippen LogP contribution in [0, 0.1) is 0 Å². The number of methoxy groups -OCH3 is 1. The van der Waals surface area contributed by atoms with Crippen LogP contribution in [0.2, 0.25) is 5.02 Å². The Morgan fingerprint density at radius 2 is 2.00 bits per heavy atom. The standard InChI is InChI=1S/C20H18BrClN2O3S/c1-3-27-19(25)15-16(11-7-5-4-6-8-11)23-20(28)24-17(15)13-9-12(22)10-14(21)18(13)26-2/h4-10,17H,3H2,1-2H3,(H2,23,24,28). The zero-order valence-electron chi connectivity index (χ0n) is 15.2. The molecule has 1 aliphatic heterocycles. The summed E-state index contributed by atoms with van der Waals surface area (Å²) >= 11 is 15.2. The second-order valence-corrected chi connectivity index (χ2v) is 7.62. The first-order valence-corrected chi connectivity index (χ1v) is 10.1. The van der Waals surface area contributed by atoms with Crippen LogP contribution in [0.1, 0.15) is 24.1 Å². The van der Waals surface area contributed by atoms with Gasteiger partial charge in [0.05, 0.1) is 35.5 Å². The van der Waals surface area contributed by atoms with Gasteiger partial charge in [-0.1, -0.05) is 41.9 Å². The molecule has 0 spiro atoms. The summed E-state index contributed by atoms with van der Waals surface area (Å²) < 4.78 is 11.6. The third-order valence-electron chi connectivity index (χ3n) is 4.18. The number of thiocarbonyl (C=S) groups is 1. The first kappa shape index (κ1) is 20.6. The average molecular weight is 482 g/mol. The number of nitrogens with one attached hydrogen (secondary N) is 2. The summed E-state index contributed by atoms with van der Waals surface area (Å²) in [7, 11) is 1.56. The number of ether oxygens (including phenoxy) is 2. The number of hydrogen-bond acceptors (Lipinski definition) is 4. The fraction of sp³-hybridized carbons (Fsp3) is 0.200. The Bertz CT molecular complexity index is 950.